The number of nitrogens with zero attached hydrogens (tertiary/aromatic N) is 1. The molecule has 0 saturated carbocycles. The Hall–Kier alpha value is -1.89. The van der Waals surface area contributed by atoms with Gasteiger partial charge in [-0.3, -0.25) is 4.79 Å². The highest BCUT2D eigenvalue weighted by molar-refractivity contribution is 6.01. The van der Waals surface area contributed by atoms with Gasteiger partial charge < -0.3 is 4.74 Å². The predicted octanol–water partition coefficient (Wildman–Crippen LogP) is 2.96. The maximum atomic E-state index is 13.5. The van der Waals surface area contributed by atoms with Crippen molar-refractivity contribution >= 4 is 5.78 Å². The molecule has 0 aliphatic rings. The smallest absolute Gasteiger partial charge is 0.182 e. The first-order valence-electron chi connectivity index (χ1n) is 5.30. The highest BCUT2D eigenvalue weighted by Crippen LogP contribution is 2.24. The Kier molecular flexibility index (Phi) is 3.84. The van der Waals surface area contributed by atoms with Crippen LogP contribution in [0.1, 0.15) is 31.1 Å². The monoisotopic (exact) mass is 235 g/mol. The molecule has 0 amide bonds. The molecule has 17 heavy (non-hydrogen) atoms. The van der Waals surface area contributed by atoms with Crippen LogP contribution in [-0.4, -0.2) is 12.4 Å². The van der Waals surface area contributed by atoms with Crippen molar-refractivity contribution in [1.29, 1.82) is 5.26 Å². The fraction of sp³-hybridized carbons (Fsp3) is 0.385. The lowest BCUT2D eigenvalue weighted by Gasteiger charge is -2.14. The second-order valence-electron chi connectivity index (χ2n) is 4.14. The average molecular weight is 235 g/mol. The van der Waals surface area contributed by atoms with Crippen LogP contribution >= 0.6 is 0 Å². The van der Waals surface area contributed by atoms with E-state index in [1.165, 1.54) is 26.0 Å². The molecule has 0 spiro atoms. The summed E-state index contributed by atoms with van der Waals surface area (Å²) in [4.78, 5) is 11.9. The minimum absolute atomic E-state index is 0.110. The number of ether oxygens (including phenoxy) is 1. The molecule has 0 heterocycles. The van der Waals surface area contributed by atoms with Gasteiger partial charge in [0.2, 0.25) is 0 Å². The van der Waals surface area contributed by atoms with E-state index in [0.717, 1.165) is 6.07 Å². The number of carbonyl (C=O) groups excluding carboxylic acids is 1. The number of nitriles is 1. The van der Waals surface area contributed by atoms with Gasteiger partial charge in [0.1, 0.15) is 5.41 Å². The molecular formula is C13H14FNO2. The summed E-state index contributed by atoms with van der Waals surface area (Å²) in [5.41, 5.74) is -0.975. The lowest BCUT2D eigenvalue weighted by Crippen LogP contribution is -2.22. The zero-order chi connectivity index (χ0) is 13.1. The summed E-state index contributed by atoms with van der Waals surface area (Å²) in [5, 5.41) is 8.84. The van der Waals surface area contributed by atoms with Crippen LogP contribution in [0.4, 0.5) is 4.39 Å². The Bertz CT molecular complexity index is 475. The Balaban J connectivity index is 3.07. The molecule has 3 nitrogen and oxygen atoms in total. The van der Waals surface area contributed by atoms with Crippen LogP contribution in [0, 0.1) is 22.6 Å². The van der Waals surface area contributed by atoms with Crippen molar-refractivity contribution < 1.29 is 13.9 Å². The maximum Gasteiger partial charge on any atom is 0.182 e. The molecule has 0 saturated heterocycles. The fourth-order valence-electron chi connectivity index (χ4n) is 1.33. The summed E-state index contributed by atoms with van der Waals surface area (Å²) in [6, 6.07) is 5.87. The normalized spacial score (nSPS) is 10.8. The number of halogens is 1. The molecule has 0 atom stereocenters. The van der Waals surface area contributed by atoms with E-state index in [0.29, 0.717) is 6.61 Å². The van der Waals surface area contributed by atoms with Crippen molar-refractivity contribution in [2.45, 2.75) is 20.8 Å². The van der Waals surface area contributed by atoms with Gasteiger partial charge in [0, 0.05) is 5.56 Å². The first-order valence-corrected chi connectivity index (χ1v) is 5.30. The number of carbonyl (C=O) groups is 1. The van der Waals surface area contributed by atoms with E-state index in [-0.39, 0.29) is 11.3 Å². The van der Waals surface area contributed by atoms with E-state index in [9.17, 15) is 9.18 Å². The van der Waals surface area contributed by atoms with Crippen LogP contribution in [-0.2, 0) is 0 Å². The van der Waals surface area contributed by atoms with Crippen LogP contribution in [0.3, 0.4) is 0 Å². The van der Waals surface area contributed by atoms with Crippen molar-refractivity contribution in [2.75, 3.05) is 6.61 Å². The number of rotatable bonds is 4. The van der Waals surface area contributed by atoms with Gasteiger partial charge in [-0.15, -0.1) is 0 Å². The Labute approximate surface area is 99.8 Å². The van der Waals surface area contributed by atoms with Crippen LogP contribution in [0.2, 0.25) is 0 Å². The molecule has 0 unspecified atom stereocenters. The van der Waals surface area contributed by atoms with Gasteiger partial charge in [-0.05, 0) is 39.0 Å². The summed E-state index contributed by atoms with van der Waals surface area (Å²) in [6.45, 7) is 5.11. The minimum atomic E-state index is -1.15. The summed E-state index contributed by atoms with van der Waals surface area (Å²) < 4.78 is 18.6. The lowest BCUT2D eigenvalue weighted by atomic mass is 9.86. The topological polar surface area (TPSA) is 50.1 Å². The highest BCUT2D eigenvalue weighted by Gasteiger charge is 2.28. The predicted molar refractivity (Wildman–Crippen MR) is 61.3 cm³/mol. The van der Waals surface area contributed by atoms with E-state index >= 15 is 0 Å². The summed E-state index contributed by atoms with van der Waals surface area (Å²) in [7, 11) is 0. The zero-order valence-electron chi connectivity index (χ0n) is 10.1. The second-order valence-corrected chi connectivity index (χ2v) is 4.14. The van der Waals surface area contributed by atoms with Crippen LogP contribution in [0.5, 0.6) is 5.75 Å². The molecule has 90 valence electrons. The van der Waals surface area contributed by atoms with Gasteiger partial charge in [0.25, 0.3) is 0 Å². The van der Waals surface area contributed by atoms with Crippen molar-refractivity contribution in [2.24, 2.45) is 5.41 Å². The number of Topliss-reactive ketones (excluding diaryl/α,β-unsaturated/α-hetero) is 1. The number of benzene rings is 1. The minimum Gasteiger partial charge on any atom is -0.491 e. The van der Waals surface area contributed by atoms with Crippen LogP contribution < -0.4 is 4.74 Å². The molecule has 1 aromatic carbocycles. The molecule has 0 aromatic heterocycles. The Morgan fingerprint density at radius 1 is 1.53 bits per heavy atom. The average Bonchev–Trinajstić information content (AvgIpc) is 2.31. The molecule has 0 bridgehead atoms. The summed E-state index contributed by atoms with van der Waals surface area (Å²) >= 11 is 0. The van der Waals surface area contributed by atoms with Crippen LogP contribution in [0.25, 0.3) is 0 Å². The molecule has 0 aliphatic heterocycles. The van der Waals surface area contributed by atoms with E-state index in [1.807, 2.05) is 6.07 Å². The second kappa shape index (κ2) is 4.96. The summed E-state index contributed by atoms with van der Waals surface area (Å²) in [5.74, 6) is -0.882. The third kappa shape index (κ3) is 2.82. The fourth-order valence-corrected chi connectivity index (χ4v) is 1.33. The van der Waals surface area contributed by atoms with Gasteiger partial charge in [0.05, 0.1) is 12.7 Å². The van der Waals surface area contributed by atoms with E-state index in [1.54, 1.807) is 6.92 Å². The maximum absolute atomic E-state index is 13.5. The summed E-state index contributed by atoms with van der Waals surface area (Å²) in [6.07, 6.45) is 0. The first kappa shape index (κ1) is 13.2. The van der Waals surface area contributed by atoms with E-state index in [2.05, 4.69) is 0 Å². The SMILES string of the molecule is CCOc1ccc(C(=O)C(C)(C)C#N)cc1F. The van der Waals surface area contributed by atoms with Gasteiger partial charge in [0.15, 0.2) is 17.3 Å². The number of ketones is 1. The molecule has 0 aliphatic carbocycles. The van der Waals surface area contributed by atoms with Gasteiger partial charge in [-0.1, -0.05) is 0 Å². The van der Waals surface area contributed by atoms with Gasteiger partial charge in [-0.2, -0.15) is 5.26 Å². The highest BCUT2D eigenvalue weighted by atomic mass is 19.1. The largest absolute Gasteiger partial charge is 0.491 e. The van der Waals surface area contributed by atoms with E-state index < -0.39 is 17.0 Å². The first-order chi connectivity index (χ1) is 7.92. The quantitative estimate of drug-likeness (QED) is 0.754. The van der Waals surface area contributed by atoms with Gasteiger partial charge in [-0.25, -0.2) is 4.39 Å². The zero-order valence-corrected chi connectivity index (χ0v) is 10.1. The standard InChI is InChI=1S/C13H14FNO2/c1-4-17-11-6-5-9(7-10(11)14)12(16)13(2,3)8-15/h5-7H,4H2,1-3H3. The van der Waals surface area contributed by atoms with Crippen molar-refractivity contribution in [3.05, 3.63) is 29.6 Å². The Morgan fingerprint density at radius 3 is 2.65 bits per heavy atom. The molecule has 1 rings (SSSR count). The third-order valence-electron chi connectivity index (χ3n) is 2.34. The van der Waals surface area contributed by atoms with Crippen molar-refractivity contribution in [3.8, 4) is 11.8 Å². The van der Waals surface area contributed by atoms with E-state index in [4.69, 9.17) is 10.00 Å². The lowest BCUT2D eigenvalue weighted by molar-refractivity contribution is 0.0891. The van der Waals surface area contributed by atoms with Gasteiger partial charge >= 0.3 is 0 Å². The van der Waals surface area contributed by atoms with Crippen molar-refractivity contribution in [3.63, 3.8) is 0 Å². The molecule has 0 fully saturated rings. The van der Waals surface area contributed by atoms with Crippen LogP contribution in [0.15, 0.2) is 18.2 Å². The van der Waals surface area contributed by atoms with Crippen molar-refractivity contribution in [1.82, 2.24) is 0 Å². The molecular weight excluding hydrogens is 221 g/mol. The molecule has 0 radical (unpaired) electrons. The molecule has 4 heteroatoms. The number of hydrogen-bond donors (Lipinski definition) is 0. The molecule has 1 aromatic rings. The Morgan fingerprint density at radius 2 is 2.18 bits per heavy atom. The third-order valence-corrected chi connectivity index (χ3v) is 2.34. The number of hydrogen-bond acceptors (Lipinski definition) is 3. The molecule has 0 N–H and O–H groups in total.